The zero-order valence-corrected chi connectivity index (χ0v) is 38.0. The molecule has 0 bridgehead atoms. The average molecular weight is 977 g/mol. The van der Waals surface area contributed by atoms with E-state index in [2.05, 4.69) is 10.8 Å². The molecule has 0 radical (unpaired) electrons. The summed E-state index contributed by atoms with van der Waals surface area (Å²) < 4.78 is 64.7. The molecule has 4 fully saturated rings. The number of nitrogens with one attached hydrogen (secondary N) is 2. The monoisotopic (exact) mass is 976 g/mol. The van der Waals surface area contributed by atoms with E-state index >= 15 is 0 Å². The van der Waals surface area contributed by atoms with Crippen LogP contribution in [0, 0.1) is 10.5 Å². The lowest BCUT2D eigenvalue weighted by Gasteiger charge is -2.45. The third kappa shape index (κ3) is 10.8. The Morgan fingerprint density at radius 1 is 0.814 bits per heavy atom. The maximum atomic E-state index is 14.1. The van der Waals surface area contributed by atoms with E-state index in [0.717, 1.165) is 18.3 Å². The van der Waals surface area contributed by atoms with Crippen molar-refractivity contribution in [3.63, 3.8) is 0 Å². The number of thioether (sulfide) groups is 1. The van der Waals surface area contributed by atoms with Gasteiger partial charge in [0.25, 0.3) is 0 Å². The van der Waals surface area contributed by atoms with Crippen LogP contribution in [0.2, 0.25) is 0 Å². The highest BCUT2D eigenvalue weighted by Gasteiger charge is 2.49. The molecule has 4 heterocycles. The first-order valence-corrected chi connectivity index (χ1v) is 21.6. The molecule has 59 heavy (non-hydrogen) atoms. The Bertz CT molecular complexity index is 1520. The van der Waals surface area contributed by atoms with E-state index in [9.17, 15) is 25.2 Å². The van der Waals surface area contributed by atoms with Crippen LogP contribution in [0.5, 0.6) is 17.2 Å². The van der Waals surface area contributed by atoms with Crippen LogP contribution in [0.15, 0.2) is 0 Å². The van der Waals surface area contributed by atoms with Crippen LogP contribution in [0.4, 0.5) is 0 Å². The fourth-order valence-corrected chi connectivity index (χ4v) is 9.61. The molecule has 0 saturated carbocycles. The molecule has 5 rings (SSSR count). The molecule has 0 amide bonds. The third-order valence-corrected chi connectivity index (χ3v) is 13.8. The number of hydrogen-bond donors (Lipinski definition) is 6. The van der Waals surface area contributed by atoms with Crippen LogP contribution in [-0.4, -0.2) is 178 Å². The second-order valence-corrected chi connectivity index (χ2v) is 17.1. The molecule has 17 atom stereocenters. The SMILES string of the molecule is CCNC1COC(OC2C(OC)OC(C)C(NOC3CC(O)C(SC(=O)c4c(C)c(I)c(OC5OC(C)C(O)C(OC)C5O)c(OC)c4OC)C(C)O3)C2O)CC1OC. The topological polar surface area (TPSA) is 233 Å². The first kappa shape index (κ1) is 48.8. The predicted octanol–water partition coefficient (Wildman–Crippen LogP) is 0.982. The second kappa shape index (κ2) is 21.9. The minimum Gasteiger partial charge on any atom is -0.492 e. The van der Waals surface area contributed by atoms with Gasteiger partial charge in [-0.1, -0.05) is 18.7 Å². The summed E-state index contributed by atoms with van der Waals surface area (Å²) in [6.07, 6.45) is -12.1. The summed E-state index contributed by atoms with van der Waals surface area (Å²) in [4.78, 5) is 20.0. The van der Waals surface area contributed by atoms with Crippen molar-refractivity contribution in [2.24, 2.45) is 0 Å². The zero-order chi connectivity index (χ0) is 43.3. The van der Waals surface area contributed by atoms with Gasteiger partial charge >= 0.3 is 0 Å². The van der Waals surface area contributed by atoms with E-state index in [0.29, 0.717) is 22.2 Å². The normalized spacial score (nSPS) is 39.1. The molecular weight excluding hydrogens is 915 g/mol. The van der Waals surface area contributed by atoms with Crippen molar-refractivity contribution < 1.29 is 82.2 Å². The zero-order valence-electron chi connectivity index (χ0n) is 35.0. The molecule has 1 aromatic rings. The maximum absolute atomic E-state index is 14.1. The Hall–Kier alpha value is -1.23. The molecule has 0 spiro atoms. The van der Waals surface area contributed by atoms with Crippen molar-refractivity contribution in [1.29, 1.82) is 0 Å². The van der Waals surface area contributed by atoms with E-state index in [1.165, 1.54) is 28.4 Å². The number of benzene rings is 1. The minimum absolute atomic E-state index is 0.000492. The molecule has 4 aliphatic rings. The third-order valence-electron chi connectivity index (χ3n) is 11.1. The van der Waals surface area contributed by atoms with Gasteiger partial charge in [-0.2, -0.15) is 5.48 Å². The number of aliphatic hydroxyl groups excluding tert-OH is 4. The highest BCUT2D eigenvalue weighted by molar-refractivity contribution is 14.1. The highest BCUT2D eigenvalue weighted by Crippen LogP contribution is 2.48. The summed E-state index contributed by atoms with van der Waals surface area (Å²) in [6.45, 7) is 9.95. The van der Waals surface area contributed by atoms with Gasteiger partial charge in [0.15, 0.2) is 30.4 Å². The van der Waals surface area contributed by atoms with Crippen molar-refractivity contribution in [2.75, 3.05) is 48.7 Å². The summed E-state index contributed by atoms with van der Waals surface area (Å²) >= 11 is 2.90. The quantitative estimate of drug-likeness (QED) is 0.100. The fraction of sp³-hybridized carbons (Fsp3) is 0.816. The van der Waals surface area contributed by atoms with Crippen molar-refractivity contribution in [3.8, 4) is 17.2 Å². The first-order chi connectivity index (χ1) is 28.1. The van der Waals surface area contributed by atoms with Crippen molar-refractivity contribution >= 4 is 39.5 Å². The number of halogens is 1. The molecule has 1 aromatic carbocycles. The number of likely N-dealkylation sites (N-methyl/N-ethyl adjacent to an activating group) is 1. The number of aliphatic hydroxyl groups is 4. The average Bonchev–Trinajstić information content (AvgIpc) is 3.21. The summed E-state index contributed by atoms with van der Waals surface area (Å²) in [5.74, 6) is 0.321. The number of carbonyl (C=O) groups is 1. The Morgan fingerprint density at radius 2 is 1.51 bits per heavy atom. The number of ether oxygens (including phenoxy) is 11. The van der Waals surface area contributed by atoms with E-state index in [-0.39, 0.29) is 41.4 Å². The number of carbonyl (C=O) groups excluding carboxylic acids is 1. The Labute approximate surface area is 362 Å². The van der Waals surface area contributed by atoms with Crippen LogP contribution in [0.1, 0.15) is 56.5 Å². The van der Waals surface area contributed by atoms with Gasteiger partial charge in [-0.25, -0.2) is 0 Å². The fourth-order valence-electron chi connectivity index (χ4n) is 7.83. The molecule has 6 N–H and O–H groups in total. The maximum Gasteiger partial charge on any atom is 0.229 e. The van der Waals surface area contributed by atoms with E-state index in [1.54, 1.807) is 34.8 Å². The molecule has 0 aliphatic carbocycles. The van der Waals surface area contributed by atoms with Crippen LogP contribution < -0.4 is 25.0 Å². The van der Waals surface area contributed by atoms with Gasteiger partial charge < -0.3 is 77.8 Å². The highest BCUT2D eigenvalue weighted by atomic mass is 127. The summed E-state index contributed by atoms with van der Waals surface area (Å²) in [7, 11) is 7.24. The van der Waals surface area contributed by atoms with Gasteiger partial charge in [0, 0.05) is 34.2 Å². The van der Waals surface area contributed by atoms with E-state index in [4.69, 9.17) is 56.9 Å². The van der Waals surface area contributed by atoms with Crippen LogP contribution in [0.3, 0.4) is 0 Å². The lowest BCUT2D eigenvalue weighted by Crippen LogP contribution is -2.64. The largest absolute Gasteiger partial charge is 0.492 e. The number of methoxy groups -OCH3 is 5. The Kier molecular flexibility index (Phi) is 18.1. The van der Waals surface area contributed by atoms with Gasteiger partial charge in [0.2, 0.25) is 17.2 Å². The van der Waals surface area contributed by atoms with Gasteiger partial charge in [-0.15, -0.1) is 0 Å². The Morgan fingerprint density at radius 3 is 2.12 bits per heavy atom. The van der Waals surface area contributed by atoms with Crippen LogP contribution in [-0.2, 0) is 42.7 Å². The van der Waals surface area contributed by atoms with Crippen molar-refractivity contribution in [1.82, 2.24) is 10.8 Å². The summed E-state index contributed by atoms with van der Waals surface area (Å²) in [5, 5.41) is 46.5. The van der Waals surface area contributed by atoms with Crippen LogP contribution >= 0.6 is 34.4 Å². The molecule has 21 heteroatoms. The molecular formula is C38H61IN2O17S. The molecule has 4 aliphatic heterocycles. The lowest BCUT2D eigenvalue weighted by molar-refractivity contribution is -0.330. The molecule has 19 nitrogen and oxygen atoms in total. The van der Waals surface area contributed by atoms with Crippen LogP contribution in [0.25, 0.3) is 0 Å². The predicted molar refractivity (Wildman–Crippen MR) is 218 cm³/mol. The minimum atomic E-state index is -1.35. The van der Waals surface area contributed by atoms with Gasteiger partial charge in [-0.05, 0) is 62.4 Å². The summed E-state index contributed by atoms with van der Waals surface area (Å²) in [6, 6.07) is -0.795. The van der Waals surface area contributed by atoms with Gasteiger partial charge in [0.05, 0.1) is 77.8 Å². The smallest absolute Gasteiger partial charge is 0.229 e. The molecule has 4 saturated heterocycles. The van der Waals surface area contributed by atoms with E-state index in [1.807, 2.05) is 29.5 Å². The molecule has 0 aromatic heterocycles. The Balaban J connectivity index is 1.23. The number of hydrogen-bond acceptors (Lipinski definition) is 20. The van der Waals surface area contributed by atoms with Crippen molar-refractivity contribution in [2.45, 2.75) is 151 Å². The molecule has 17 unspecified atom stereocenters. The second-order valence-electron chi connectivity index (χ2n) is 14.9. The summed E-state index contributed by atoms with van der Waals surface area (Å²) in [5.41, 5.74) is 3.56. The van der Waals surface area contributed by atoms with Gasteiger partial charge in [-0.3, -0.25) is 9.63 Å². The molecule has 338 valence electrons. The first-order valence-electron chi connectivity index (χ1n) is 19.6. The van der Waals surface area contributed by atoms with Crippen molar-refractivity contribution in [3.05, 3.63) is 14.7 Å². The lowest BCUT2D eigenvalue weighted by atomic mass is 9.97. The van der Waals surface area contributed by atoms with Gasteiger partial charge in [0.1, 0.15) is 30.5 Å². The number of rotatable bonds is 16. The van der Waals surface area contributed by atoms with E-state index < -0.39 is 96.5 Å². The standard InChI is InChI=1S/C38H61IN2O17S/c1-11-40-19-14-52-22(13-21(19)47-6)56-33-28(44)26(16(3)54-38(33)51-10)41-58-23-12-20(42)35(18(5)53-23)59-36(46)24-15(2)25(39)31(34(50-9)30(24)48-7)57-37-29(45)32(49-8)27(43)17(4)55-37/h16-23,26-29,32-33,35,37-38,40-45H,11-14H2,1-10H3. The number of hydroxylamine groups is 1.